The van der Waals surface area contributed by atoms with Crippen LogP contribution in [0.2, 0.25) is 0 Å². The Hall–Kier alpha value is -2.03. The zero-order valence-corrected chi connectivity index (χ0v) is 14.9. The maximum absolute atomic E-state index is 12.9. The van der Waals surface area contributed by atoms with Crippen LogP contribution in [0.3, 0.4) is 0 Å². The molecule has 5 nitrogen and oxygen atoms in total. The smallest absolute Gasteiger partial charge is 0.416 e. The highest BCUT2D eigenvalue weighted by atomic mass is 79.9. The Morgan fingerprint density at radius 2 is 2.12 bits per heavy atom. The number of aromatic nitrogens is 2. The van der Waals surface area contributed by atoms with E-state index in [-0.39, 0.29) is 13.2 Å². The van der Waals surface area contributed by atoms with Crippen molar-refractivity contribution >= 4 is 27.7 Å². The van der Waals surface area contributed by atoms with Gasteiger partial charge in [0.15, 0.2) is 0 Å². The Bertz CT molecular complexity index is 804. The lowest BCUT2D eigenvalue weighted by molar-refractivity contribution is -0.137. The number of esters is 1. The molecule has 0 radical (unpaired) electrons. The SMILES string of the molecule is CCOC(=O)c1c(Br)nn2c1N(Cc1cccc(C(F)(F)F)c1)CC2. The molecular formula is C16H15BrF3N3O2. The van der Waals surface area contributed by atoms with Crippen LogP contribution in [0.1, 0.15) is 28.4 Å². The average molecular weight is 418 g/mol. The molecule has 0 N–H and O–H groups in total. The molecule has 0 amide bonds. The summed E-state index contributed by atoms with van der Waals surface area (Å²) in [5, 5.41) is 4.25. The predicted molar refractivity (Wildman–Crippen MR) is 88.4 cm³/mol. The molecule has 2 heterocycles. The maximum Gasteiger partial charge on any atom is 0.416 e. The molecule has 0 fully saturated rings. The molecule has 1 aliphatic heterocycles. The minimum Gasteiger partial charge on any atom is -0.462 e. The van der Waals surface area contributed by atoms with Crippen molar-refractivity contribution in [2.45, 2.75) is 26.2 Å². The first-order valence-corrected chi connectivity index (χ1v) is 8.45. The average Bonchev–Trinajstić information content (AvgIpc) is 3.06. The van der Waals surface area contributed by atoms with Gasteiger partial charge in [-0.2, -0.15) is 18.3 Å². The van der Waals surface area contributed by atoms with Gasteiger partial charge in [-0.1, -0.05) is 12.1 Å². The molecule has 0 unspecified atom stereocenters. The first-order valence-electron chi connectivity index (χ1n) is 7.65. The number of hydrogen-bond donors (Lipinski definition) is 0. The normalized spacial score (nSPS) is 13.9. The van der Waals surface area contributed by atoms with Crippen LogP contribution >= 0.6 is 15.9 Å². The van der Waals surface area contributed by atoms with Crippen LogP contribution in [0, 0.1) is 0 Å². The number of halogens is 4. The molecular weight excluding hydrogens is 403 g/mol. The van der Waals surface area contributed by atoms with E-state index < -0.39 is 17.7 Å². The van der Waals surface area contributed by atoms with Crippen molar-refractivity contribution in [2.75, 3.05) is 18.1 Å². The zero-order valence-electron chi connectivity index (χ0n) is 13.3. The summed E-state index contributed by atoms with van der Waals surface area (Å²) in [5.74, 6) is 0.0503. The van der Waals surface area contributed by atoms with Gasteiger partial charge >= 0.3 is 12.1 Å². The fourth-order valence-corrected chi connectivity index (χ4v) is 3.35. The molecule has 0 saturated carbocycles. The van der Waals surface area contributed by atoms with E-state index in [1.165, 1.54) is 6.07 Å². The number of benzene rings is 1. The molecule has 3 rings (SSSR count). The lowest BCUT2D eigenvalue weighted by atomic mass is 10.1. The molecule has 1 aromatic carbocycles. The number of carbonyl (C=O) groups is 1. The number of ether oxygens (including phenoxy) is 1. The first-order chi connectivity index (χ1) is 11.8. The number of nitrogens with zero attached hydrogens (tertiary/aromatic N) is 3. The molecule has 25 heavy (non-hydrogen) atoms. The number of hydrogen-bond acceptors (Lipinski definition) is 4. The van der Waals surface area contributed by atoms with Gasteiger partial charge in [-0.25, -0.2) is 9.48 Å². The first kappa shape index (κ1) is 17.8. The van der Waals surface area contributed by atoms with E-state index in [4.69, 9.17) is 4.74 Å². The number of anilines is 1. The monoisotopic (exact) mass is 417 g/mol. The third-order valence-corrected chi connectivity index (χ3v) is 4.43. The molecule has 2 aromatic rings. The summed E-state index contributed by atoms with van der Waals surface area (Å²) < 4.78 is 45.7. The number of alkyl halides is 3. The molecule has 0 spiro atoms. The van der Waals surface area contributed by atoms with Crippen molar-refractivity contribution in [1.82, 2.24) is 9.78 Å². The summed E-state index contributed by atoms with van der Waals surface area (Å²) in [5.41, 5.74) is 0.117. The van der Waals surface area contributed by atoms with Crippen LogP contribution in [0.25, 0.3) is 0 Å². The third-order valence-electron chi connectivity index (χ3n) is 3.87. The van der Waals surface area contributed by atoms with Crippen molar-refractivity contribution in [1.29, 1.82) is 0 Å². The van der Waals surface area contributed by atoms with Gasteiger partial charge in [0.25, 0.3) is 0 Å². The fourth-order valence-electron chi connectivity index (χ4n) is 2.82. The molecule has 0 saturated heterocycles. The second-order valence-electron chi connectivity index (χ2n) is 5.55. The molecule has 134 valence electrons. The largest absolute Gasteiger partial charge is 0.462 e. The minimum atomic E-state index is -4.39. The van der Waals surface area contributed by atoms with Gasteiger partial charge in [0.05, 0.1) is 18.7 Å². The maximum atomic E-state index is 12.9. The highest BCUT2D eigenvalue weighted by molar-refractivity contribution is 9.10. The molecule has 0 atom stereocenters. The van der Waals surface area contributed by atoms with Crippen LogP contribution in [0.4, 0.5) is 19.0 Å². The minimum absolute atomic E-state index is 0.226. The van der Waals surface area contributed by atoms with E-state index in [0.717, 1.165) is 12.1 Å². The van der Waals surface area contributed by atoms with Gasteiger partial charge in [-0.15, -0.1) is 0 Å². The van der Waals surface area contributed by atoms with Crippen LogP contribution in [-0.4, -0.2) is 28.9 Å². The van der Waals surface area contributed by atoms with Crippen molar-refractivity contribution in [3.63, 3.8) is 0 Å². The summed E-state index contributed by atoms with van der Waals surface area (Å²) in [6.45, 7) is 3.28. The van der Waals surface area contributed by atoms with Crippen LogP contribution in [0.15, 0.2) is 28.9 Å². The topological polar surface area (TPSA) is 47.4 Å². The quantitative estimate of drug-likeness (QED) is 0.708. The predicted octanol–water partition coefficient (Wildman–Crippen LogP) is 3.86. The van der Waals surface area contributed by atoms with Crippen molar-refractivity contribution in [2.24, 2.45) is 0 Å². The number of carbonyl (C=O) groups excluding carboxylic acids is 1. The highest BCUT2D eigenvalue weighted by Gasteiger charge is 2.33. The number of rotatable bonds is 4. The second kappa shape index (κ2) is 6.70. The Morgan fingerprint density at radius 3 is 2.80 bits per heavy atom. The van der Waals surface area contributed by atoms with Crippen LogP contribution in [-0.2, 0) is 24.0 Å². The van der Waals surface area contributed by atoms with Crippen LogP contribution in [0.5, 0.6) is 0 Å². The lowest BCUT2D eigenvalue weighted by Gasteiger charge is -2.19. The Kier molecular flexibility index (Phi) is 4.77. The van der Waals surface area contributed by atoms with Gasteiger partial charge in [0, 0.05) is 13.1 Å². The molecule has 1 aliphatic rings. The lowest BCUT2D eigenvalue weighted by Crippen LogP contribution is -2.22. The van der Waals surface area contributed by atoms with E-state index in [1.54, 1.807) is 17.7 Å². The summed E-state index contributed by atoms with van der Waals surface area (Å²) >= 11 is 3.26. The van der Waals surface area contributed by atoms with Gasteiger partial charge in [-0.05, 0) is 40.5 Å². The van der Waals surface area contributed by atoms with E-state index >= 15 is 0 Å². The van der Waals surface area contributed by atoms with Crippen molar-refractivity contribution < 1.29 is 22.7 Å². The van der Waals surface area contributed by atoms with Crippen molar-refractivity contribution in [3.8, 4) is 0 Å². The third kappa shape index (κ3) is 3.51. The Labute approximate surface area is 150 Å². The summed E-state index contributed by atoms with van der Waals surface area (Å²) in [6.07, 6.45) is -4.39. The van der Waals surface area contributed by atoms with Crippen molar-refractivity contribution in [3.05, 3.63) is 45.6 Å². The Morgan fingerprint density at radius 1 is 1.36 bits per heavy atom. The van der Waals surface area contributed by atoms with Gasteiger partial charge in [-0.3, -0.25) is 0 Å². The molecule has 9 heteroatoms. The molecule has 1 aromatic heterocycles. The zero-order chi connectivity index (χ0) is 18.2. The highest BCUT2D eigenvalue weighted by Crippen LogP contribution is 2.34. The van der Waals surface area contributed by atoms with Gasteiger partial charge < -0.3 is 9.64 Å². The van der Waals surface area contributed by atoms with E-state index in [9.17, 15) is 18.0 Å². The Balaban J connectivity index is 1.90. The summed E-state index contributed by atoms with van der Waals surface area (Å²) in [6, 6.07) is 5.18. The summed E-state index contributed by atoms with van der Waals surface area (Å²) in [7, 11) is 0. The van der Waals surface area contributed by atoms with E-state index in [2.05, 4.69) is 21.0 Å². The standard InChI is InChI=1S/C16H15BrF3N3O2/c1-2-25-15(24)12-13(17)21-23-7-6-22(14(12)23)9-10-4-3-5-11(8-10)16(18,19)20/h3-5,8H,2,6-7,9H2,1H3. The summed E-state index contributed by atoms with van der Waals surface area (Å²) in [4.78, 5) is 14.0. The molecule has 0 bridgehead atoms. The van der Waals surface area contributed by atoms with Gasteiger partial charge in [0.1, 0.15) is 16.0 Å². The second-order valence-corrected chi connectivity index (χ2v) is 6.30. The van der Waals surface area contributed by atoms with E-state index in [0.29, 0.717) is 34.6 Å². The van der Waals surface area contributed by atoms with Gasteiger partial charge in [0.2, 0.25) is 0 Å². The van der Waals surface area contributed by atoms with Crippen LogP contribution < -0.4 is 4.90 Å². The fraction of sp³-hybridized carbons (Fsp3) is 0.375. The molecule has 0 aliphatic carbocycles. The number of fused-ring (bicyclic) bond motifs is 1. The van der Waals surface area contributed by atoms with E-state index in [1.807, 2.05) is 4.90 Å².